The second kappa shape index (κ2) is 10.0. The average molecular weight is 385 g/mol. The van der Waals surface area contributed by atoms with Crippen molar-refractivity contribution in [3.8, 4) is 5.75 Å². The van der Waals surface area contributed by atoms with Crippen LogP contribution < -0.4 is 10.1 Å². The van der Waals surface area contributed by atoms with Crippen molar-refractivity contribution in [1.82, 2.24) is 20.2 Å². The molecule has 28 heavy (non-hydrogen) atoms. The van der Waals surface area contributed by atoms with E-state index >= 15 is 0 Å². The van der Waals surface area contributed by atoms with Gasteiger partial charge in [-0.05, 0) is 49.9 Å². The lowest BCUT2D eigenvalue weighted by atomic mass is 10.0. The van der Waals surface area contributed by atoms with Gasteiger partial charge in [0.05, 0.1) is 31.3 Å². The minimum absolute atomic E-state index is 0.345. The van der Waals surface area contributed by atoms with Crippen molar-refractivity contribution in [2.24, 2.45) is 5.92 Å². The third-order valence-electron chi connectivity index (χ3n) is 5.77. The predicted octanol–water partition coefficient (Wildman–Crippen LogP) is 2.97. The van der Waals surface area contributed by atoms with Crippen molar-refractivity contribution in [2.75, 3.05) is 32.8 Å². The van der Waals surface area contributed by atoms with Gasteiger partial charge in [-0.25, -0.2) is 4.98 Å². The molecule has 0 bridgehead atoms. The first-order chi connectivity index (χ1) is 13.8. The molecular weight excluding hydrogens is 352 g/mol. The topological polar surface area (TPSA) is 62.4 Å². The summed E-state index contributed by atoms with van der Waals surface area (Å²) in [4.78, 5) is 9.69. The standard InChI is InChI=1S/C22H32N4O2/c1-2-19(12-23-9-1)15-27-21-5-3-18(4-6-21)14-26-10-7-22(8-11-26)28-16-20-13-24-17-25-20/h3-6,13,17,19,22-23H,1-2,7-12,14-16H2,(H,24,25). The molecule has 0 amide bonds. The molecule has 2 aliphatic heterocycles. The highest BCUT2D eigenvalue weighted by atomic mass is 16.5. The number of nitrogens with zero attached hydrogens (tertiary/aromatic N) is 2. The molecule has 4 rings (SSSR count). The van der Waals surface area contributed by atoms with E-state index in [1.807, 2.05) is 6.20 Å². The first-order valence-corrected chi connectivity index (χ1v) is 10.6. The molecule has 0 spiro atoms. The Labute approximate surface area is 167 Å². The summed E-state index contributed by atoms with van der Waals surface area (Å²) in [7, 11) is 0. The second-order valence-electron chi connectivity index (χ2n) is 8.01. The van der Waals surface area contributed by atoms with Gasteiger partial charge in [0.15, 0.2) is 0 Å². The Kier molecular flexibility index (Phi) is 6.97. The minimum atomic E-state index is 0.345. The van der Waals surface area contributed by atoms with Gasteiger partial charge >= 0.3 is 0 Å². The van der Waals surface area contributed by atoms with Crippen LogP contribution in [-0.2, 0) is 17.9 Å². The Hall–Kier alpha value is -1.89. The van der Waals surface area contributed by atoms with E-state index in [9.17, 15) is 0 Å². The summed E-state index contributed by atoms with van der Waals surface area (Å²) >= 11 is 0. The number of hydrogen-bond donors (Lipinski definition) is 2. The number of H-pyrrole nitrogens is 1. The summed E-state index contributed by atoms with van der Waals surface area (Å²) in [5.41, 5.74) is 2.33. The number of aromatic amines is 1. The number of hydrogen-bond acceptors (Lipinski definition) is 5. The van der Waals surface area contributed by atoms with E-state index in [1.165, 1.54) is 18.4 Å². The highest BCUT2D eigenvalue weighted by Gasteiger charge is 2.20. The van der Waals surface area contributed by atoms with Crippen LogP contribution in [0.25, 0.3) is 0 Å². The molecule has 2 saturated heterocycles. The zero-order chi connectivity index (χ0) is 19.0. The summed E-state index contributed by atoms with van der Waals surface area (Å²) < 4.78 is 12.0. The molecule has 1 unspecified atom stereocenters. The van der Waals surface area contributed by atoms with Gasteiger partial charge in [-0.1, -0.05) is 12.1 Å². The third kappa shape index (κ3) is 5.80. The van der Waals surface area contributed by atoms with Crippen LogP contribution in [0, 0.1) is 5.92 Å². The largest absolute Gasteiger partial charge is 0.493 e. The first kappa shape index (κ1) is 19.4. The van der Waals surface area contributed by atoms with Crippen LogP contribution in [0.5, 0.6) is 5.75 Å². The fourth-order valence-electron chi connectivity index (χ4n) is 4.04. The summed E-state index contributed by atoms with van der Waals surface area (Å²) in [5, 5.41) is 3.44. The maximum absolute atomic E-state index is 5.99. The summed E-state index contributed by atoms with van der Waals surface area (Å²) in [6.45, 7) is 6.82. The molecule has 0 radical (unpaired) electrons. The van der Waals surface area contributed by atoms with Gasteiger partial charge in [0.25, 0.3) is 0 Å². The van der Waals surface area contributed by atoms with Gasteiger partial charge in [-0.2, -0.15) is 0 Å². The van der Waals surface area contributed by atoms with Crippen LogP contribution in [0.1, 0.15) is 36.9 Å². The van der Waals surface area contributed by atoms with Crippen LogP contribution >= 0.6 is 0 Å². The van der Waals surface area contributed by atoms with Gasteiger partial charge in [0.1, 0.15) is 5.75 Å². The van der Waals surface area contributed by atoms with Crippen molar-refractivity contribution in [2.45, 2.75) is 44.9 Å². The van der Waals surface area contributed by atoms with Crippen LogP contribution in [0.4, 0.5) is 0 Å². The molecule has 1 atom stereocenters. The molecule has 3 heterocycles. The number of piperidine rings is 2. The van der Waals surface area contributed by atoms with Gasteiger partial charge in [0.2, 0.25) is 0 Å². The van der Waals surface area contributed by atoms with E-state index in [-0.39, 0.29) is 0 Å². The highest BCUT2D eigenvalue weighted by Crippen LogP contribution is 2.20. The fourth-order valence-corrected chi connectivity index (χ4v) is 4.04. The number of rotatable bonds is 8. The van der Waals surface area contributed by atoms with E-state index in [4.69, 9.17) is 9.47 Å². The van der Waals surface area contributed by atoms with Gasteiger partial charge < -0.3 is 19.8 Å². The first-order valence-electron chi connectivity index (χ1n) is 10.6. The molecule has 2 N–H and O–H groups in total. The number of aromatic nitrogens is 2. The van der Waals surface area contributed by atoms with Crippen LogP contribution in [0.15, 0.2) is 36.8 Å². The maximum atomic E-state index is 5.99. The Bertz CT molecular complexity index is 675. The quantitative estimate of drug-likeness (QED) is 0.733. The predicted molar refractivity (Wildman–Crippen MR) is 109 cm³/mol. The van der Waals surface area contributed by atoms with Crippen LogP contribution in [-0.4, -0.2) is 53.8 Å². The fraction of sp³-hybridized carbons (Fsp3) is 0.591. The minimum Gasteiger partial charge on any atom is -0.493 e. The Morgan fingerprint density at radius 3 is 2.68 bits per heavy atom. The molecule has 6 nitrogen and oxygen atoms in total. The Morgan fingerprint density at radius 2 is 1.96 bits per heavy atom. The van der Waals surface area contributed by atoms with E-state index in [0.717, 1.165) is 63.6 Å². The number of ether oxygens (including phenoxy) is 2. The molecule has 2 aromatic rings. The highest BCUT2D eigenvalue weighted by molar-refractivity contribution is 5.27. The zero-order valence-corrected chi connectivity index (χ0v) is 16.6. The lowest BCUT2D eigenvalue weighted by molar-refractivity contribution is -0.00511. The van der Waals surface area contributed by atoms with E-state index in [0.29, 0.717) is 18.6 Å². The normalized spacial score (nSPS) is 21.6. The van der Waals surface area contributed by atoms with E-state index in [1.54, 1.807) is 6.33 Å². The van der Waals surface area contributed by atoms with Crippen LogP contribution in [0.2, 0.25) is 0 Å². The van der Waals surface area contributed by atoms with Crippen molar-refractivity contribution < 1.29 is 9.47 Å². The lowest BCUT2D eigenvalue weighted by Gasteiger charge is -2.31. The van der Waals surface area contributed by atoms with Crippen molar-refractivity contribution in [3.63, 3.8) is 0 Å². The van der Waals surface area contributed by atoms with Gasteiger partial charge in [-0.3, -0.25) is 4.90 Å². The maximum Gasteiger partial charge on any atom is 0.119 e. The molecule has 152 valence electrons. The third-order valence-corrected chi connectivity index (χ3v) is 5.77. The van der Waals surface area contributed by atoms with E-state index in [2.05, 4.69) is 44.5 Å². The molecule has 6 heteroatoms. The molecule has 2 aliphatic rings. The summed E-state index contributed by atoms with van der Waals surface area (Å²) in [6, 6.07) is 8.64. The molecule has 0 aliphatic carbocycles. The van der Waals surface area contributed by atoms with Crippen molar-refractivity contribution >= 4 is 0 Å². The van der Waals surface area contributed by atoms with Crippen molar-refractivity contribution in [1.29, 1.82) is 0 Å². The number of nitrogens with one attached hydrogen (secondary N) is 2. The SMILES string of the molecule is c1nc(COC2CCN(Cc3ccc(OCC4CCCNC4)cc3)CC2)c[nH]1. The van der Waals surface area contributed by atoms with Gasteiger partial charge in [-0.15, -0.1) is 0 Å². The van der Waals surface area contributed by atoms with Crippen molar-refractivity contribution in [3.05, 3.63) is 48.0 Å². The molecule has 0 saturated carbocycles. The average Bonchev–Trinajstić information content (AvgIpc) is 3.27. The monoisotopic (exact) mass is 384 g/mol. The second-order valence-corrected chi connectivity index (χ2v) is 8.01. The number of imidazole rings is 1. The van der Waals surface area contributed by atoms with Crippen LogP contribution in [0.3, 0.4) is 0 Å². The smallest absolute Gasteiger partial charge is 0.119 e. The van der Waals surface area contributed by atoms with E-state index < -0.39 is 0 Å². The number of likely N-dealkylation sites (tertiary alicyclic amines) is 1. The van der Waals surface area contributed by atoms with Gasteiger partial charge in [0, 0.05) is 38.3 Å². The Morgan fingerprint density at radius 1 is 1.11 bits per heavy atom. The number of benzene rings is 1. The molecular formula is C22H32N4O2. The summed E-state index contributed by atoms with van der Waals surface area (Å²) in [5.74, 6) is 1.63. The zero-order valence-electron chi connectivity index (χ0n) is 16.6. The Balaban J connectivity index is 1.15. The molecule has 2 fully saturated rings. The lowest BCUT2D eigenvalue weighted by Crippen LogP contribution is -2.36. The summed E-state index contributed by atoms with van der Waals surface area (Å²) in [6.07, 6.45) is 8.64. The molecule has 1 aromatic heterocycles. The molecule has 1 aromatic carbocycles.